The number of aromatic nitrogens is 3. The summed E-state index contributed by atoms with van der Waals surface area (Å²) in [6.07, 6.45) is 5.62. The van der Waals surface area contributed by atoms with E-state index in [1.54, 1.807) is 7.05 Å². The van der Waals surface area contributed by atoms with Gasteiger partial charge in [0.2, 0.25) is 0 Å². The van der Waals surface area contributed by atoms with Gasteiger partial charge in [0.15, 0.2) is 11.8 Å². The third-order valence-electron chi connectivity index (χ3n) is 4.44. The van der Waals surface area contributed by atoms with Crippen LogP contribution >= 0.6 is 35.6 Å². The standard InChI is InChI=1S/C18H25ClN6.HI/c1-20-18(21-11-10-14-6-8-15(19)9-7-14)22-13-17-24-23-16-5-3-2-4-12-25(16)17;/h6-9H,2-5,10-13H2,1H3,(H2,20,21,22);1H. The summed E-state index contributed by atoms with van der Waals surface area (Å²) in [7, 11) is 1.78. The Kier molecular flexibility index (Phi) is 8.64. The molecular weight excluding hydrogens is 463 g/mol. The first-order chi connectivity index (χ1) is 12.3. The van der Waals surface area contributed by atoms with Gasteiger partial charge < -0.3 is 15.2 Å². The second kappa shape index (κ2) is 10.7. The van der Waals surface area contributed by atoms with E-state index in [1.807, 2.05) is 24.3 Å². The molecule has 0 bridgehead atoms. The number of nitrogens with zero attached hydrogens (tertiary/aromatic N) is 4. The molecule has 0 fully saturated rings. The van der Waals surface area contributed by atoms with Gasteiger partial charge >= 0.3 is 0 Å². The van der Waals surface area contributed by atoms with E-state index in [0.717, 1.165) is 48.6 Å². The van der Waals surface area contributed by atoms with Gasteiger partial charge in [-0.2, -0.15) is 0 Å². The van der Waals surface area contributed by atoms with E-state index in [9.17, 15) is 0 Å². The molecule has 0 atom stereocenters. The molecule has 6 nitrogen and oxygen atoms in total. The van der Waals surface area contributed by atoms with Crippen LogP contribution in [0, 0.1) is 0 Å². The predicted octanol–water partition coefficient (Wildman–Crippen LogP) is 3.18. The van der Waals surface area contributed by atoms with Crippen molar-refractivity contribution in [3.05, 3.63) is 46.5 Å². The van der Waals surface area contributed by atoms with Gasteiger partial charge in [-0.05, 0) is 37.0 Å². The fourth-order valence-corrected chi connectivity index (χ4v) is 3.16. The van der Waals surface area contributed by atoms with Crippen LogP contribution in [-0.4, -0.2) is 34.3 Å². The van der Waals surface area contributed by atoms with Gasteiger partial charge in [0.25, 0.3) is 0 Å². The van der Waals surface area contributed by atoms with Crippen LogP contribution in [0.4, 0.5) is 0 Å². The number of rotatable bonds is 5. The Balaban J connectivity index is 0.00000243. The average molecular weight is 489 g/mol. The SMILES string of the molecule is CN=C(NCCc1ccc(Cl)cc1)NCc1nnc2n1CCCCC2.I. The maximum absolute atomic E-state index is 5.91. The van der Waals surface area contributed by atoms with Crippen LogP contribution in [0.25, 0.3) is 0 Å². The van der Waals surface area contributed by atoms with Crippen molar-refractivity contribution in [2.75, 3.05) is 13.6 Å². The molecule has 2 heterocycles. The van der Waals surface area contributed by atoms with Crippen LogP contribution in [0.5, 0.6) is 0 Å². The van der Waals surface area contributed by atoms with E-state index in [0.29, 0.717) is 6.54 Å². The van der Waals surface area contributed by atoms with Gasteiger partial charge in [-0.3, -0.25) is 4.99 Å². The van der Waals surface area contributed by atoms with Crippen molar-refractivity contribution in [3.63, 3.8) is 0 Å². The quantitative estimate of drug-likeness (QED) is 0.385. The van der Waals surface area contributed by atoms with E-state index in [4.69, 9.17) is 11.6 Å². The number of aryl methyl sites for hydroxylation is 1. The van der Waals surface area contributed by atoms with Gasteiger partial charge in [-0.1, -0.05) is 30.2 Å². The van der Waals surface area contributed by atoms with Crippen molar-refractivity contribution < 1.29 is 0 Å². The molecule has 0 aliphatic carbocycles. The first kappa shape index (κ1) is 21.0. The summed E-state index contributed by atoms with van der Waals surface area (Å²) in [6, 6.07) is 7.93. The molecule has 0 amide bonds. The first-order valence-corrected chi connectivity index (χ1v) is 9.24. The molecule has 1 aromatic heterocycles. The van der Waals surface area contributed by atoms with Gasteiger partial charge in [-0.25, -0.2) is 0 Å². The third kappa shape index (κ3) is 5.84. The molecule has 2 N–H and O–H groups in total. The van der Waals surface area contributed by atoms with Crippen LogP contribution in [0.1, 0.15) is 36.5 Å². The lowest BCUT2D eigenvalue weighted by molar-refractivity contribution is 0.596. The summed E-state index contributed by atoms with van der Waals surface area (Å²) >= 11 is 5.91. The van der Waals surface area contributed by atoms with Crippen molar-refractivity contribution in [1.82, 2.24) is 25.4 Å². The lowest BCUT2D eigenvalue weighted by atomic mass is 10.1. The van der Waals surface area contributed by atoms with Crippen LogP contribution in [-0.2, 0) is 25.9 Å². The van der Waals surface area contributed by atoms with Crippen LogP contribution in [0.3, 0.4) is 0 Å². The molecule has 1 aromatic carbocycles. The summed E-state index contributed by atoms with van der Waals surface area (Å²) < 4.78 is 2.25. The number of benzene rings is 1. The van der Waals surface area contributed by atoms with E-state index in [1.165, 1.54) is 24.8 Å². The van der Waals surface area contributed by atoms with Crippen LogP contribution < -0.4 is 10.6 Å². The maximum atomic E-state index is 5.91. The molecule has 0 radical (unpaired) electrons. The zero-order chi connectivity index (χ0) is 17.5. The van der Waals surface area contributed by atoms with Crippen LogP contribution in [0.15, 0.2) is 29.3 Å². The van der Waals surface area contributed by atoms with Gasteiger partial charge in [-0.15, -0.1) is 34.2 Å². The second-order valence-corrected chi connectivity index (χ2v) is 6.66. The predicted molar refractivity (Wildman–Crippen MR) is 116 cm³/mol. The second-order valence-electron chi connectivity index (χ2n) is 6.22. The van der Waals surface area contributed by atoms with Gasteiger partial charge in [0, 0.05) is 31.6 Å². The highest BCUT2D eigenvalue weighted by Crippen LogP contribution is 2.14. The summed E-state index contributed by atoms with van der Waals surface area (Å²) in [4.78, 5) is 4.28. The zero-order valence-corrected chi connectivity index (χ0v) is 18.1. The molecule has 1 aliphatic rings. The number of nitrogens with one attached hydrogen (secondary N) is 2. The topological polar surface area (TPSA) is 67.1 Å². The van der Waals surface area contributed by atoms with Crippen molar-refractivity contribution in [2.24, 2.45) is 4.99 Å². The van der Waals surface area contributed by atoms with Crippen molar-refractivity contribution in [1.29, 1.82) is 0 Å². The number of halogens is 2. The van der Waals surface area contributed by atoms with Gasteiger partial charge in [0.05, 0.1) is 6.54 Å². The maximum Gasteiger partial charge on any atom is 0.191 e. The molecule has 26 heavy (non-hydrogen) atoms. The molecule has 1 aliphatic heterocycles. The minimum absolute atomic E-state index is 0. The number of fused-ring (bicyclic) bond motifs is 1. The fourth-order valence-electron chi connectivity index (χ4n) is 3.04. The molecule has 142 valence electrons. The Morgan fingerprint density at radius 2 is 1.96 bits per heavy atom. The smallest absolute Gasteiger partial charge is 0.191 e. The highest BCUT2D eigenvalue weighted by molar-refractivity contribution is 14.0. The normalized spacial score (nSPS) is 14.2. The monoisotopic (exact) mass is 488 g/mol. The molecule has 8 heteroatoms. The first-order valence-electron chi connectivity index (χ1n) is 8.86. The Morgan fingerprint density at radius 3 is 2.73 bits per heavy atom. The lowest BCUT2D eigenvalue weighted by Crippen LogP contribution is -2.38. The highest BCUT2D eigenvalue weighted by atomic mass is 127. The Bertz CT molecular complexity index is 713. The minimum atomic E-state index is 0. The summed E-state index contributed by atoms with van der Waals surface area (Å²) in [5, 5.41) is 16.1. The number of hydrogen-bond donors (Lipinski definition) is 2. The lowest BCUT2D eigenvalue weighted by Gasteiger charge is -2.12. The summed E-state index contributed by atoms with van der Waals surface area (Å²) in [5.74, 6) is 2.87. The van der Waals surface area contributed by atoms with E-state index < -0.39 is 0 Å². The molecular formula is C18H26ClIN6. The number of aliphatic imine (C=N–C) groups is 1. The molecule has 0 saturated heterocycles. The molecule has 0 saturated carbocycles. The zero-order valence-electron chi connectivity index (χ0n) is 15.0. The summed E-state index contributed by atoms with van der Waals surface area (Å²) in [5.41, 5.74) is 1.25. The molecule has 0 spiro atoms. The fraction of sp³-hybridized carbons (Fsp3) is 0.500. The van der Waals surface area contributed by atoms with E-state index in [-0.39, 0.29) is 24.0 Å². The molecule has 2 aromatic rings. The third-order valence-corrected chi connectivity index (χ3v) is 4.70. The van der Waals surface area contributed by atoms with Crippen molar-refractivity contribution in [2.45, 2.75) is 45.2 Å². The molecule has 0 unspecified atom stereocenters. The van der Waals surface area contributed by atoms with Crippen LogP contribution in [0.2, 0.25) is 5.02 Å². The number of guanidine groups is 1. The van der Waals surface area contributed by atoms with Crippen molar-refractivity contribution in [3.8, 4) is 0 Å². The minimum Gasteiger partial charge on any atom is -0.356 e. The van der Waals surface area contributed by atoms with E-state index >= 15 is 0 Å². The average Bonchev–Trinajstić information content (AvgIpc) is 2.86. The Morgan fingerprint density at radius 1 is 1.15 bits per heavy atom. The summed E-state index contributed by atoms with van der Waals surface area (Å²) in [6.45, 7) is 2.45. The van der Waals surface area contributed by atoms with Crippen molar-refractivity contribution >= 4 is 41.5 Å². The highest BCUT2D eigenvalue weighted by Gasteiger charge is 2.14. The van der Waals surface area contributed by atoms with E-state index in [2.05, 4.69) is 30.4 Å². The Labute approximate surface area is 176 Å². The largest absolute Gasteiger partial charge is 0.356 e. The number of hydrogen-bond acceptors (Lipinski definition) is 3. The molecule has 3 rings (SSSR count). The van der Waals surface area contributed by atoms with Gasteiger partial charge in [0.1, 0.15) is 5.82 Å². The Hall–Kier alpha value is -1.35.